The third kappa shape index (κ3) is 3.70. The Bertz CT molecular complexity index is 415. The van der Waals surface area contributed by atoms with Crippen LogP contribution in [0.1, 0.15) is 23.7 Å². The molecule has 1 aromatic carbocycles. The minimum absolute atomic E-state index is 0.277. The molecule has 1 rings (SSSR count). The molecule has 2 nitrogen and oxygen atoms in total. The number of aromatic carboxylic acids is 1. The Morgan fingerprint density at radius 1 is 1.56 bits per heavy atom. The number of hydrogen-bond donors (Lipinski definition) is 1. The van der Waals surface area contributed by atoms with Crippen molar-refractivity contribution in [1.29, 1.82) is 0 Å². The smallest absolute Gasteiger partial charge is 0.338 e. The van der Waals surface area contributed by atoms with Gasteiger partial charge in [0.25, 0.3) is 0 Å². The van der Waals surface area contributed by atoms with E-state index in [0.717, 1.165) is 22.6 Å². The van der Waals surface area contributed by atoms with E-state index in [4.69, 9.17) is 5.11 Å². The molecule has 0 aliphatic heterocycles. The topological polar surface area (TPSA) is 37.3 Å². The van der Waals surface area contributed by atoms with Crippen LogP contribution >= 0.6 is 11.8 Å². The van der Waals surface area contributed by atoms with E-state index in [0.29, 0.717) is 0 Å². The lowest BCUT2D eigenvalue weighted by Gasteiger charge is -2.03. The summed E-state index contributed by atoms with van der Waals surface area (Å²) in [6, 6.07) is 4.14. The third-order valence-corrected chi connectivity index (χ3v) is 2.96. The zero-order valence-electron chi connectivity index (χ0n) is 9.00. The quantitative estimate of drug-likeness (QED) is 0.631. The zero-order chi connectivity index (χ0) is 12.1. The number of carboxylic acids is 1. The van der Waals surface area contributed by atoms with Crippen LogP contribution in [0.5, 0.6) is 0 Å². The lowest BCUT2D eigenvalue weighted by atomic mass is 10.2. The first-order valence-corrected chi connectivity index (χ1v) is 5.79. The monoisotopic (exact) mass is 240 g/mol. The van der Waals surface area contributed by atoms with Crippen LogP contribution in [0.25, 0.3) is 0 Å². The van der Waals surface area contributed by atoms with Crippen molar-refractivity contribution in [2.24, 2.45) is 0 Å². The van der Waals surface area contributed by atoms with Gasteiger partial charge in [0.15, 0.2) is 0 Å². The van der Waals surface area contributed by atoms with Gasteiger partial charge in [-0.15, -0.1) is 18.3 Å². The van der Waals surface area contributed by atoms with Gasteiger partial charge in [0.1, 0.15) is 5.82 Å². The zero-order valence-corrected chi connectivity index (χ0v) is 9.81. The number of carboxylic acid groups (broad SMARTS) is 1. The fourth-order valence-corrected chi connectivity index (χ4v) is 2.15. The van der Waals surface area contributed by atoms with Gasteiger partial charge in [0, 0.05) is 10.6 Å². The molecule has 0 unspecified atom stereocenters. The van der Waals surface area contributed by atoms with Gasteiger partial charge in [-0.2, -0.15) is 0 Å². The Labute approximate surface area is 98.2 Å². The van der Waals surface area contributed by atoms with Crippen molar-refractivity contribution >= 4 is 17.7 Å². The summed E-state index contributed by atoms with van der Waals surface area (Å²) < 4.78 is 13.1. The first-order chi connectivity index (χ1) is 7.50. The highest BCUT2D eigenvalue weighted by atomic mass is 32.2. The summed E-state index contributed by atoms with van der Waals surface area (Å²) >= 11 is 1.50. The Kier molecular flexibility index (Phi) is 4.55. The van der Waals surface area contributed by atoms with Crippen molar-refractivity contribution in [3.63, 3.8) is 0 Å². The van der Waals surface area contributed by atoms with E-state index >= 15 is 0 Å². The molecule has 0 bridgehead atoms. The first kappa shape index (κ1) is 12.8. The predicted molar refractivity (Wildman–Crippen MR) is 63.5 cm³/mol. The molecule has 16 heavy (non-hydrogen) atoms. The molecule has 0 aliphatic carbocycles. The molecule has 0 spiro atoms. The standard InChI is InChI=1S/C12H13FO2S/c1-8(2)5-6-16-9-3-4-11(13)10(7-9)12(14)15/h3-4,7H,1,5-6H2,2H3,(H,14,15). The molecule has 0 aliphatic rings. The fourth-order valence-electron chi connectivity index (χ4n) is 1.10. The summed E-state index contributed by atoms with van der Waals surface area (Å²) in [5.41, 5.74) is 0.799. The van der Waals surface area contributed by atoms with Gasteiger partial charge in [-0.05, 0) is 31.5 Å². The number of rotatable bonds is 5. The Hall–Kier alpha value is -1.29. The van der Waals surface area contributed by atoms with E-state index in [2.05, 4.69) is 6.58 Å². The van der Waals surface area contributed by atoms with Crippen LogP contribution in [0.15, 0.2) is 35.2 Å². The molecule has 0 radical (unpaired) electrons. The summed E-state index contributed by atoms with van der Waals surface area (Å²) in [4.78, 5) is 11.5. The average molecular weight is 240 g/mol. The largest absolute Gasteiger partial charge is 0.478 e. The van der Waals surface area contributed by atoms with Crippen LogP contribution in [0, 0.1) is 5.82 Å². The highest BCUT2D eigenvalue weighted by molar-refractivity contribution is 7.99. The molecular weight excluding hydrogens is 227 g/mol. The number of benzene rings is 1. The van der Waals surface area contributed by atoms with Gasteiger partial charge < -0.3 is 5.11 Å². The molecule has 4 heteroatoms. The molecule has 0 saturated heterocycles. The van der Waals surface area contributed by atoms with E-state index in [1.165, 1.54) is 23.9 Å². The summed E-state index contributed by atoms with van der Waals surface area (Å²) in [6.45, 7) is 5.72. The third-order valence-electron chi connectivity index (χ3n) is 1.97. The minimum atomic E-state index is -1.24. The first-order valence-electron chi connectivity index (χ1n) is 4.80. The van der Waals surface area contributed by atoms with E-state index < -0.39 is 11.8 Å². The predicted octanol–water partition coefficient (Wildman–Crippen LogP) is 3.58. The molecule has 1 aromatic rings. The average Bonchev–Trinajstić information content (AvgIpc) is 2.19. The SMILES string of the molecule is C=C(C)CCSc1ccc(F)c(C(=O)O)c1. The van der Waals surface area contributed by atoms with Crippen LogP contribution in [0.4, 0.5) is 4.39 Å². The van der Waals surface area contributed by atoms with E-state index in [-0.39, 0.29) is 5.56 Å². The normalized spacial score (nSPS) is 10.1. The molecule has 0 saturated carbocycles. The van der Waals surface area contributed by atoms with Crippen molar-refractivity contribution in [2.75, 3.05) is 5.75 Å². The maximum absolute atomic E-state index is 13.1. The number of carbonyl (C=O) groups is 1. The second-order valence-corrected chi connectivity index (χ2v) is 4.67. The number of halogens is 1. The molecule has 0 aromatic heterocycles. The summed E-state index contributed by atoms with van der Waals surface area (Å²) in [5, 5.41) is 8.74. The van der Waals surface area contributed by atoms with Crippen molar-refractivity contribution in [3.8, 4) is 0 Å². The number of hydrogen-bond acceptors (Lipinski definition) is 2. The van der Waals surface area contributed by atoms with Gasteiger partial charge in [-0.3, -0.25) is 0 Å². The lowest BCUT2D eigenvalue weighted by molar-refractivity contribution is 0.0691. The number of allylic oxidation sites excluding steroid dienone is 1. The highest BCUT2D eigenvalue weighted by Gasteiger charge is 2.10. The van der Waals surface area contributed by atoms with Crippen molar-refractivity contribution < 1.29 is 14.3 Å². The summed E-state index contributed by atoms with van der Waals surface area (Å²) in [6.07, 6.45) is 0.866. The number of thioether (sulfide) groups is 1. The van der Waals surface area contributed by atoms with Crippen LogP contribution < -0.4 is 0 Å². The second kappa shape index (κ2) is 5.70. The van der Waals surface area contributed by atoms with Crippen LogP contribution in [-0.2, 0) is 0 Å². The van der Waals surface area contributed by atoms with E-state index in [9.17, 15) is 9.18 Å². The van der Waals surface area contributed by atoms with Crippen molar-refractivity contribution in [2.45, 2.75) is 18.2 Å². The molecule has 0 amide bonds. The Balaban J connectivity index is 2.71. The van der Waals surface area contributed by atoms with Gasteiger partial charge in [-0.25, -0.2) is 9.18 Å². The fraction of sp³-hybridized carbons (Fsp3) is 0.250. The minimum Gasteiger partial charge on any atom is -0.478 e. The molecule has 0 fully saturated rings. The van der Waals surface area contributed by atoms with Crippen LogP contribution in [-0.4, -0.2) is 16.8 Å². The molecule has 86 valence electrons. The van der Waals surface area contributed by atoms with Crippen molar-refractivity contribution in [1.82, 2.24) is 0 Å². The van der Waals surface area contributed by atoms with E-state index in [1.54, 1.807) is 6.07 Å². The summed E-state index contributed by atoms with van der Waals surface area (Å²) in [5.74, 6) is -1.11. The van der Waals surface area contributed by atoms with Gasteiger partial charge in [-0.1, -0.05) is 5.57 Å². The molecule has 0 atom stereocenters. The molecule has 0 heterocycles. The van der Waals surface area contributed by atoms with Gasteiger partial charge in [0.2, 0.25) is 0 Å². The maximum atomic E-state index is 13.1. The lowest BCUT2D eigenvalue weighted by Crippen LogP contribution is -2.00. The Morgan fingerprint density at radius 2 is 2.25 bits per heavy atom. The molecular formula is C12H13FO2S. The van der Waals surface area contributed by atoms with Gasteiger partial charge >= 0.3 is 5.97 Å². The molecule has 1 N–H and O–H groups in total. The maximum Gasteiger partial charge on any atom is 0.338 e. The van der Waals surface area contributed by atoms with Gasteiger partial charge in [0.05, 0.1) is 5.56 Å². The Morgan fingerprint density at radius 3 is 2.81 bits per heavy atom. The van der Waals surface area contributed by atoms with Crippen molar-refractivity contribution in [3.05, 3.63) is 41.7 Å². The van der Waals surface area contributed by atoms with Crippen LogP contribution in [0.3, 0.4) is 0 Å². The van der Waals surface area contributed by atoms with E-state index in [1.807, 2.05) is 6.92 Å². The summed E-state index contributed by atoms with van der Waals surface area (Å²) in [7, 11) is 0. The van der Waals surface area contributed by atoms with Crippen LogP contribution in [0.2, 0.25) is 0 Å². The highest BCUT2D eigenvalue weighted by Crippen LogP contribution is 2.22. The second-order valence-electron chi connectivity index (χ2n) is 3.50.